The first kappa shape index (κ1) is 22.2. The van der Waals surface area contributed by atoms with E-state index in [0.717, 1.165) is 16.4 Å². The van der Waals surface area contributed by atoms with Gasteiger partial charge in [0.1, 0.15) is 5.25 Å². The second kappa shape index (κ2) is 8.47. The summed E-state index contributed by atoms with van der Waals surface area (Å²) in [7, 11) is -3.39. The molecule has 0 saturated carbocycles. The molecule has 1 fully saturated rings. The zero-order valence-corrected chi connectivity index (χ0v) is 20.2. The lowest BCUT2D eigenvalue weighted by atomic mass is 10.0. The molecule has 2 aliphatic rings. The third-order valence-electron chi connectivity index (χ3n) is 5.61. The van der Waals surface area contributed by atoms with E-state index in [-0.39, 0.29) is 0 Å². The predicted octanol–water partition coefficient (Wildman–Crippen LogP) is 5.99. The Morgan fingerprint density at radius 3 is 2.57 bits per heavy atom. The predicted molar refractivity (Wildman–Crippen MR) is 128 cm³/mol. The molecule has 1 aromatic carbocycles. The van der Waals surface area contributed by atoms with Crippen molar-refractivity contribution in [2.75, 3.05) is 18.0 Å². The topological polar surface area (TPSA) is 50.3 Å². The third-order valence-corrected chi connectivity index (χ3v) is 10.5. The number of alkyl halides is 1. The molecule has 2 aromatic rings. The molecular formula is C21H21Cl3N2O2S2. The van der Waals surface area contributed by atoms with Crippen molar-refractivity contribution in [3.8, 4) is 11.3 Å². The third kappa shape index (κ3) is 4.30. The minimum Gasteiger partial charge on any atom is -0.348 e. The average molecular weight is 504 g/mol. The molecule has 9 heteroatoms. The summed E-state index contributed by atoms with van der Waals surface area (Å²) in [6.45, 7) is 3.04. The molecule has 0 bridgehead atoms. The molecule has 4 nitrogen and oxygen atoms in total. The number of hydrogen-bond donors (Lipinski definition) is 0. The number of aromatic nitrogens is 1. The maximum Gasteiger partial charge on any atom is 0.185 e. The maximum absolute atomic E-state index is 13.2. The average Bonchev–Trinajstić information content (AvgIpc) is 3.20. The van der Waals surface area contributed by atoms with Crippen LogP contribution < -0.4 is 4.90 Å². The highest BCUT2D eigenvalue weighted by molar-refractivity contribution is 7.93. The van der Waals surface area contributed by atoms with Gasteiger partial charge in [-0.25, -0.2) is 13.4 Å². The molecule has 2 unspecified atom stereocenters. The van der Waals surface area contributed by atoms with Gasteiger partial charge in [-0.2, -0.15) is 0 Å². The van der Waals surface area contributed by atoms with Gasteiger partial charge in [0.15, 0.2) is 15.0 Å². The first-order valence-electron chi connectivity index (χ1n) is 9.62. The molecule has 1 aliphatic heterocycles. The minimum atomic E-state index is -3.39. The van der Waals surface area contributed by atoms with Crippen LogP contribution in [0.5, 0.6) is 0 Å². The largest absolute Gasteiger partial charge is 0.348 e. The van der Waals surface area contributed by atoms with Crippen LogP contribution in [0.4, 0.5) is 5.13 Å². The number of benzene rings is 1. The lowest BCUT2D eigenvalue weighted by Crippen LogP contribution is -2.47. The van der Waals surface area contributed by atoms with Gasteiger partial charge in [-0.15, -0.1) is 22.9 Å². The molecule has 0 radical (unpaired) electrons. The Labute approximate surface area is 196 Å². The van der Waals surface area contributed by atoms with E-state index >= 15 is 0 Å². The van der Waals surface area contributed by atoms with Crippen molar-refractivity contribution in [2.24, 2.45) is 0 Å². The van der Waals surface area contributed by atoms with E-state index in [9.17, 15) is 8.42 Å². The number of piperidine rings is 1. The number of thiazole rings is 1. The Bertz CT molecular complexity index is 1100. The van der Waals surface area contributed by atoms with Crippen LogP contribution in [0, 0.1) is 0 Å². The van der Waals surface area contributed by atoms with E-state index in [1.807, 2.05) is 11.4 Å². The Morgan fingerprint density at radius 2 is 1.90 bits per heavy atom. The minimum absolute atomic E-state index is 0.400. The SMILES string of the molecule is CC1(Cl)C=CC=CC1S(=O)(=O)C1CCN(c2nc(-c3ccc(Cl)c(Cl)c3)cs2)CC1. The molecule has 2 atom stereocenters. The summed E-state index contributed by atoms with van der Waals surface area (Å²) in [5.74, 6) is 0. The zero-order chi connectivity index (χ0) is 21.5. The molecule has 160 valence electrons. The van der Waals surface area contributed by atoms with Crippen LogP contribution in [0.2, 0.25) is 10.0 Å². The second-order valence-corrected chi connectivity index (χ2v) is 12.6. The van der Waals surface area contributed by atoms with Crippen molar-refractivity contribution in [3.05, 3.63) is 57.9 Å². The second-order valence-electron chi connectivity index (χ2n) is 7.74. The first-order valence-corrected chi connectivity index (χ1v) is 13.2. The van der Waals surface area contributed by atoms with E-state index in [0.29, 0.717) is 36.0 Å². The summed E-state index contributed by atoms with van der Waals surface area (Å²) < 4.78 is 26.4. The highest BCUT2D eigenvalue weighted by atomic mass is 35.5. The van der Waals surface area contributed by atoms with Crippen LogP contribution in [0.1, 0.15) is 19.8 Å². The van der Waals surface area contributed by atoms with E-state index < -0.39 is 25.2 Å². The van der Waals surface area contributed by atoms with Crippen molar-refractivity contribution in [2.45, 2.75) is 35.1 Å². The Hall–Kier alpha value is -1.05. The molecule has 1 aliphatic carbocycles. The zero-order valence-electron chi connectivity index (χ0n) is 16.3. The van der Waals surface area contributed by atoms with Crippen molar-refractivity contribution < 1.29 is 8.42 Å². The fraction of sp³-hybridized carbons (Fsp3) is 0.381. The molecule has 0 amide bonds. The summed E-state index contributed by atoms with van der Waals surface area (Å²) in [4.78, 5) is 5.97. The van der Waals surface area contributed by atoms with E-state index in [1.54, 1.807) is 54.7 Å². The van der Waals surface area contributed by atoms with Crippen LogP contribution in [-0.4, -0.2) is 41.9 Å². The van der Waals surface area contributed by atoms with E-state index in [1.165, 1.54) is 0 Å². The normalized spacial score (nSPS) is 25.1. The molecule has 2 heterocycles. The number of halogens is 3. The van der Waals surface area contributed by atoms with Crippen molar-refractivity contribution >= 4 is 61.1 Å². The van der Waals surface area contributed by atoms with Crippen LogP contribution in [-0.2, 0) is 9.84 Å². The van der Waals surface area contributed by atoms with Crippen molar-refractivity contribution in [1.82, 2.24) is 4.98 Å². The quantitative estimate of drug-likeness (QED) is 0.481. The lowest BCUT2D eigenvalue weighted by Gasteiger charge is -2.36. The summed E-state index contributed by atoms with van der Waals surface area (Å²) in [6.07, 6.45) is 8.15. The van der Waals surface area contributed by atoms with Crippen molar-refractivity contribution in [1.29, 1.82) is 0 Å². The fourth-order valence-corrected chi connectivity index (χ4v) is 7.92. The molecule has 0 N–H and O–H groups in total. The molecule has 30 heavy (non-hydrogen) atoms. The van der Waals surface area contributed by atoms with Gasteiger partial charge in [0.2, 0.25) is 0 Å². The fourth-order valence-electron chi connectivity index (χ4n) is 3.90. The number of hydrogen-bond acceptors (Lipinski definition) is 5. The molecule has 0 spiro atoms. The number of rotatable bonds is 4. The van der Waals surface area contributed by atoms with Gasteiger partial charge in [-0.1, -0.05) is 53.6 Å². The van der Waals surface area contributed by atoms with Crippen LogP contribution in [0.3, 0.4) is 0 Å². The standard InChI is InChI=1S/C21H21Cl3N2O2S2/c1-21(24)9-3-2-4-19(21)30(27,28)15-7-10-26(11-8-15)20-25-18(13-29-20)14-5-6-16(22)17(23)12-14/h2-6,9,12-13,15,19H,7-8,10-11H2,1H3. The summed E-state index contributed by atoms with van der Waals surface area (Å²) in [5.41, 5.74) is 1.74. The van der Waals surface area contributed by atoms with Gasteiger partial charge in [-0.3, -0.25) is 0 Å². The van der Waals surface area contributed by atoms with Gasteiger partial charge in [0.25, 0.3) is 0 Å². The molecule has 1 aromatic heterocycles. The van der Waals surface area contributed by atoms with Crippen LogP contribution in [0.15, 0.2) is 47.9 Å². The molecular weight excluding hydrogens is 483 g/mol. The first-order chi connectivity index (χ1) is 14.2. The Balaban J connectivity index is 1.45. The number of anilines is 1. The molecule has 4 rings (SSSR count). The summed E-state index contributed by atoms with van der Waals surface area (Å²) in [5, 5.41) is 2.77. The summed E-state index contributed by atoms with van der Waals surface area (Å²) in [6, 6.07) is 5.45. The van der Waals surface area contributed by atoms with Crippen LogP contribution >= 0.6 is 46.1 Å². The smallest absolute Gasteiger partial charge is 0.185 e. The van der Waals surface area contributed by atoms with Gasteiger partial charge >= 0.3 is 0 Å². The highest BCUT2D eigenvalue weighted by Gasteiger charge is 2.44. The maximum atomic E-state index is 13.2. The number of nitrogens with zero attached hydrogens (tertiary/aromatic N) is 2. The lowest BCUT2D eigenvalue weighted by molar-refractivity contribution is 0.518. The Morgan fingerprint density at radius 1 is 1.17 bits per heavy atom. The Kier molecular flexibility index (Phi) is 6.26. The number of sulfone groups is 1. The van der Waals surface area contributed by atoms with Gasteiger partial charge in [0, 0.05) is 24.0 Å². The van der Waals surface area contributed by atoms with Crippen LogP contribution in [0.25, 0.3) is 11.3 Å². The van der Waals surface area contributed by atoms with Gasteiger partial charge in [0.05, 0.1) is 25.9 Å². The monoisotopic (exact) mass is 502 g/mol. The summed E-state index contributed by atoms with van der Waals surface area (Å²) >= 11 is 20.2. The van der Waals surface area contributed by atoms with E-state index in [2.05, 4.69) is 4.90 Å². The van der Waals surface area contributed by atoms with Crippen molar-refractivity contribution in [3.63, 3.8) is 0 Å². The van der Waals surface area contributed by atoms with E-state index in [4.69, 9.17) is 39.8 Å². The molecule has 1 saturated heterocycles. The number of allylic oxidation sites excluding steroid dienone is 3. The highest BCUT2D eigenvalue weighted by Crippen LogP contribution is 2.37. The van der Waals surface area contributed by atoms with Gasteiger partial charge in [-0.05, 0) is 31.9 Å². The van der Waals surface area contributed by atoms with Gasteiger partial charge < -0.3 is 4.90 Å².